The molecule has 3 N–H and O–H groups in total. The minimum Gasteiger partial charge on any atom is -0.443 e. The third-order valence-corrected chi connectivity index (χ3v) is 8.45. The predicted molar refractivity (Wildman–Crippen MR) is 130 cm³/mol. The maximum absolute atomic E-state index is 13.0. The summed E-state index contributed by atoms with van der Waals surface area (Å²) in [5.74, 6) is 0. The second kappa shape index (κ2) is 8.81. The van der Waals surface area contributed by atoms with E-state index in [2.05, 4.69) is 25.5 Å². The quantitative estimate of drug-likeness (QED) is 0.570. The number of amides is 3. The van der Waals surface area contributed by atoms with Crippen molar-refractivity contribution in [2.45, 2.75) is 82.1 Å². The zero-order valence-electron chi connectivity index (χ0n) is 19.6. The molecule has 0 bridgehead atoms. The van der Waals surface area contributed by atoms with Gasteiger partial charge in [0.2, 0.25) is 0 Å². The first-order valence-electron chi connectivity index (χ1n) is 11.0. The minimum absolute atomic E-state index is 0.471. The molecule has 10 heteroatoms. The molecule has 8 nitrogen and oxygen atoms in total. The molecule has 0 fully saturated rings. The highest BCUT2D eigenvalue weighted by Crippen LogP contribution is 2.39. The molecule has 0 spiro atoms. The fraction of sp³-hybridized carbons (Fsp3) is 0.522. The van der Waals surface area contributed by atoms with Crippen LogP contribution >= 0.6 is 11.3 Å². The van der Waals surface area contributed by atoms with Crippen molar-refractivity contribution in [1.82, 2.24) is 9.71 Å². The molecule has 2 aliphatic carbocycles. The van der Waals surface area contributed by atoms with Gasteiger partial charge in [-0.1, -0.05) is 6.07 Å². The topological polar surface area (TPSA) is 113 Å². The molecular weight excluding hydrogens is 460 g/mol. The highest BCUT2D eigenvalue weighted by atomic mass is 32.2. The fourth-order valence-electron chi connectivity index (χ4n) is 3.93. The molecule has 0 aliphatic heterocycles. The number of aryl methyl sites for hydroxylation is 2. The Bertz CT molecular complexity index is 1140. The average molecular weight is 491 g/mol. The third kappa shape index (κ3) is 5.44. The van der Waals surface area contributed by atoms with Crippen LogP contribution in [0, 0.1) is 0 Å². The van der Waals surface area contributed by atoms with E-state index < -0.39 is 34.2 Å². The van der Waals surface area contributed by atoms with E-state index in [-0.39, 0.29) is 0 Å². The number of aromatic nitrogens is 1. The zero-order chi connectivity index (χ0) is 24.0. The van der Waals surface area contributed by atoms with Crippen LogP contribution in [0.25, 0.3) is 0 Å². The van der Waals surface area contributed by atoms with Crippen LogP contribution in [0.3, 0.4) is 0 Å². The van der Waals surface area contributed by atoms with E-state index in [0.29, 0.717) is 9.22 Å². The summed E-state index contributed by atoms with van der Waals surface area (Å²) in [6.45, 7) is 8.56. The monoisotopic (exact) mass is 490 g/mol. The van der Waals surface area contributed by atoms with Gasteiger partial charge >= 0.3 is 12.1 Å². The lowest BCUT2D eigenvalue weighted by Gasteiger charge is -2.25. The number of hydrogen-bond donors (Lipinski definition) is 3. The van der Waals surface area contributed by atoms with Gasteiger partial charge in [0.05, 0.1) is 17.1 Å². The Labute approximate surface area is 200 Å². The van der Waals surface area contributed by atoms with Crippen molar-refractivity contribution in [2.75, 3.05) is 5.32 Å². The number of nitrogens with one attached hydrogen (secondary N) is 2. The van der Waals surface area contributed by atoms with Gasteiger partial charge in [-0.15, -0.1) is 15.7 Å². The molecule has 1 aromatic heterocycles. The van der Waals surface area contributed by atoms with Gasteiger partial charge < -0.3 is 15.2 Å². The van der Waals surface area contributed by atoms with Gasteiger partial charge in [-0.2, -0.15) is 0 Å². The number of fused-ring (bicyclic) bond motifs is 2. The summed E-state index contributed by atoms with van der Waals surface area (Å²) in [6.07, 6.45) is 5.91. The summed E-state index contributed by atoms with van der Waals surface area (Å²) >= 11 is 1.20. The number of carbonyl (C=O) groups is 2. The first-order chi connectivity index (χ1) is 15.4. The number of carbonyl (C=O) groups excluding carboxylic acids is 2. The standard InChI is InChI=1S/C23H30N4O4S2/c1-22(2,3)31-21(29)27-33(17-12-24-19(32-17)23(4,5)30)26-20(28)25-18-15-8-6-7-13(15)11-14-9-10-16(14)18/h11-12,30H,6-10H2,1-5H3,(H2,25,26,27,28,29). The summed E-state index contributed by atoms with van der Waals surface area (Å²) < 4.78 is 12.9. The Morgan fingerprint density at radius 1 is 1.12 bits per heavy atom. The van der Waals surface area contributed by atoms with Crippen LogP contribution in [0.4, 0.5) is 15.3 Å². The molecule has 1 atom stereocenters. The van der Waals surface area contributed by atoms with Gasteiger partial charge in [0.1, 0.15) is 20.4 Å². The number of anilines is 1. The van der Waals surface area contributed by atoms with Gasteiger partial charge in [-0.25, -0.2) is 14.6 Å². The molecule has 4 rings (SSSR count). The summed E-state index contributed by atoms with van der Waals surface area (Å²) in [5.41, 5.74) is 4.07. The Balaban J connectivity index is 1.63. The van der Waals surface area contributed by atoms with Gasteiger partial charge in [-0.3, -0.25) is 4.72 Å². The zero-order valence-corrected chi connectivity index (χ0v) is 21.2. The van der Waals surface area contributed by atoms with E-state index in [1.165, 1.54) is 39.8 Å². The van der Waals surface area contributed by atoms with Crippen molar-refractivity contribution in [2.24, 2.45) is 4.36 Å². The van der Waals surface area contributed by atoms with Gasteiger partial charge in [0.15, 0.2) is 0 Å². The lowest BCUT2D eigenvalue weighted by molar-refractivity contribution is 0.0573. The molecule has 178 valence electrons. The fourth-order valence-corrected chi connectivity index (χ4v) is 6.17. The largest absolute Gasteiger partial charge is 0.443 e. The van der Waals surface area contributed by atoms with Crippen molar-refractivity contribution in [3.05, 3.63) is 39.5 Å². The summed E-state index contributed by atoms with van der Waals surface area (Å²) in [5, 5.41) is 13.8. The summed E-state index contributed by atoms with van der Waals surface area (Å²) in [6, 6.07) is 1.75. The van der Waals surface area contributed by atoms with E-state index in [1.54, 1.807) is 34.6 Å². The molecule has 2 aliphatic rings. The van der Waals surface area contributed by atoms with Crippen molar-refractivity contribution in [3.8, 4) is 0 Å². The number of urea groups is 1. The number of aliphatic hydroxyl groups is 1. The molecule has 1 aromatic carbocycles. The number of hydrogen-bond acceptors (Lipinski definition) is 6. The van der Waals surface area contributed by atoms with E-state index >= 15 is 0 Å². The van der Waals surface area contributed by atoms with E-state index in [9.17, 15) is 14.7 Å². The maximum Gasteiger partial charge on any atom is 0.418 e. The first-order valence-corrected chi connectivity index (χ1v) is 13.0. The van der Waals surface area contributed by atoms with E-state index in [1.807, 2.05) is 0 Å². The molecule has 33 heavy (non-hydrogen) atoms. The average Bonchev–Trinajstić information content (AvgIpc) is 3.31. The molecule has 0 saturated heterocycles. The molecular formula is C23H30N4O4S2. The van der Waals surface area contributed by atoms with Crippen LogP contribution in [0.15, 0.2) is 20.8 Å². The second-order valence-electron chi connectivity index (χ2n) is 9.83. The van der Waals surface area contributed by atoms with Crippen LogP contribution < -0.4 is 10.0 Å². The maximum atomic E-state index is 13.0. The van der Waals surface area contributed by atoms with Crippen molar-refractivity contribution >= 4 is 40.0 Å². The van der Waals surface area contributed by atoms with Crippen molar-refractivity contribution in [3.63, 3.8) is 0 Å². The smallest absolute Gasteiger partial charge is 0.418 e. The highest BCUT2D eigenvalue weighted by molar-refractivity contribution is 7.88. The van der Waals surface area contributed by atoms with Crippen LogP contribution in [0.1, 0.15) is 68.3 Å². The van der Waals surface area contributed by atoms with E-state index in [4.69, 9.17) is 4.74 Å². The molecule has 2 aromatic rings. The van der Waals surface area contributed by atoms with Gasteiger partial charge in [0, 0.05) is 5.69 Å². The lowest BCUT2D eigenvalue weighted by atomic mass is 9.83. The number of rotatable bonds is 4. The number of nitrogens with zero attached hydrogens (tertiary/aromatic N) is 2. The van der Waals surface area contributed by atoms with Crippen LogP contribution in [0.2, 0.25) is 0 Å². The van der Waals surface area contributed by atoms with Crippen molar-refractivity contribution in [1.29, 1.82) is 0 Å². The molecule has 0 radical (unpaired) electrons. The molecule has 3 amide bonds. The SMILES string of the molecule is CC(C)(C)OC(=O)NS(=NC(=O)Nc1c2c(cc3c1CC3)CCC2)c1cnc(C(C)(C)O)s1. The summed E-state index contributed by atoms with van der Waals surface area (Å²) in [4.78, 5) is 29.7. The predicted octanol–water partition coefficient (Wildman–Crippen LogP) is 4.79. The number of ether oxygens (including phenoxy) is 1. The van der Waals surface area contributed by atoms with Gasteiger partial charge in [0.25, 0.3) is 0 Å². The first kappa shape index (κ1) is 23.8. The molecule has 0 saturated carbocycles. The molecule has 1 heterocycles. The highest BCUT2D eigenvalue weighted by Gasteiger charge is 2.27. The Morgan fingerprint density at radius 3 is 2.42 bits per heavy atom. The van der Waals surface area contributed by atoms with Crippen LogP contribution in [0.5, 0.6) is 0 Å². The number of thiazole rings is 1. The van der Waals surface area contributed by atoms with Crippen LogP contribution in [-0.4, -0.2) is 27.8 Å². The Hall–Kier alpha value is -2.30. The third-order valence-electron chi connectivity index (χ3n) is 5.43. The summed E-state index contributed by atoms with van der Waals surface area (Å²) in [7, 11) is -1.33. The second-order valence-corrected chi connectivity index (χ2v) is 12.5. The Morgan fingerprint density at radius 2 is 1.82 bits per heavy atom. The lowest BCUT2D eigenvalue weighted by Crippen LogP contribution is -2.33. The van der Waals surface area contributed by atoms with Gasteiger partial charge in [-0.05, 0) is 89.0 Å². The number of benzene rings is 1. The van der Waals surface area contributed by atoms with Crippen LogP contribution in [-0.2, 0) is 46.9 Å². The minimum atomic E-state index is -1.33. The normalized spacial score (nSPS) is 15.9. The van der Waals surface area contributed by atoms with E-state index in [0.717, 1.165) is 37.8 Å². The van der Waals surface area contributed by atoms with Crippen molar-refractivity contribution < 1.29 is 19.4 Å². The molecule has 1 unspecified atom stereocenters. The Kier molecular flexibility index (Phi) is 6.36.